The van der Waals surface area contributed by atoms with Crippen LogP contribution in [0.4, 0.5) is 5.69 Å². The highest BCUT2D eigenvalue weighted by Gasteiger charge is 2.14. The second-order valence-electron chi connectivity index (χ2n) is 3.78. The summed E-state index contributed by atoms with van der Waals surface area (Å²) in [6.45, 7) is 6.73. The molecule has 1 aliphatic rings. The predicted octanol–water partition coefficient (Wildman–Crippen LogP) is 2.15. The third-order valence-electron chi connectivity index (χ3n) is 2.68. The summed E-state index contributed by atoms with van der Waals surface area (Å²) < 4.78 is 5.62. The molecule has 1 aromatic rings. The Morgan fingerprint density at radius 1 is 1.38 bits per heavy atom. The Morgan fingerprint density at radius 2 is 2.12 bits per heavy atom. The lowest BCUT2D eigenvalue weighted by atomic mass is 10.2. The van der Waals surface area contributed by atoms with Gasteiger partial charge in [-0.25, -0.2) is 0 Å². The van der Waals surface area contributed by atoms with Crippen LogP contribution in [0.2, 0.25) is 5.02 Å². The number of rotatable bonds is 3. The van der Waals surface area contributed by atoms with Gasteiger partial charge in [0, 0.05) is 37.3 Å². The second-order valence-corrected chi connectivity index (χ2v) is 4.22. The van der Waals surface area contributed by atoms with Crippen LogP contribution < -0.4 is 15.0 Å². The Morgan fingerprint density at radius 3 is 2.81 bits per heavy atom. The largest absolute Gasteiger partial charge is 0.492 e. The van der Waals surface area contributed by atoms with Crippen LogP contribution in [-0.2, 0) is 0 Å². The van der Waals surface area contributed by atoms with Gasteiger partial charge in [0.25, 0.3) is 0 Å². The lowest BCUT2D eigenvalue weighted by Crippen LogP contribution is -2.43. The molecule has 1 saturated heterocycles. The quantitative estimate of drug-likeness (QED) is 0.876. The highest BCUT2D eigenvalue weighted by Crippen LogP contribution is 2.31. The van der Waals surface area contributed by atoms with Gasteiger partial charge >= 0.3 is 0 Å². The van der Waals surface area contributed by atoms with Crippen molar-refractivity contribution in [2.75, 3.05) is 37.7 Å². The zero-order valence-corrected chi connectivity index (χ0v) is 10.3. The average molecular weight is 241 g/mol. The maximum Gasteiger partial charge on any atom is 0.144 e. The van der Waals surface area contributed by atoms with Gasteiger partial charge < -0.3 is 15.0 Å². The van der Waals surface area contributed by atoms with Crippen molar-refractivity contribution in [3.63, 3.8) is 0 Å². The smallest absolute Gasteiger partial charge is 0.144 e. The van der Waals surface area contributed by atoms with Gasteiger partial charge in [-0.05, 0) is 19.1 Å². The first-order valence-electron chi connectivity index (χ1n) is 5.69. The fourth-order valence-corrected chi connectivity index (χ4v) is 2.09. The van der Waals surface area contributed by atoms with Crippen LogP contribution in [0.5, 0.6) is 5.75 Å². The molecule has 88 valence electrons. The van der Waals surface area contributed by atoms with Crippen LogP contribution in [0.15, 0.2) is 18.2 Å². The van der Waals surface area contributed by atoms with Crippen molar-refractivity contribution < 1.29 is 4.74 Å². The first-order valence-corrected chi connectivity index (χ1v) is 6.07. The van der Waals surface area contributed by atoms with Gasteiger partial charge in [-0.2, -0.15) is 0 Å². The number of nitrogens with zero attached hydrogens (tertiary/aromatic N) is 1. The van der Waals surface area contributed by atoms with Gasteiger partial charge in [0.2, 0.25) is 0 Å². The molecule has 0 aromatic heterocycles. The number of ether oxygens (including phenoxy) is 1. The minimum atomic E-state index is 0.666. The van der Waals surface area contributed by atoms with Crippen molar-refractivity contribution in [1.29, 1.82) is 0 Å². The van der Waals surface area contributed by atoms with Gasteiger partial charge in [-0.3, -0.25) is 0 Å². The van der Waals surface area contributed by atoms with Crippen molar-refractivity contribution >= 4 is 17.3 Å². The molecule has 1 N–H and O–H groups in total. The molecule has 0 aliphatic carbocycles. The predicted molar refractivity (Wildman–Crippen MR) is 67.7 cm³/mol. The van der Waals surface area contributed by atoms with Crippen LogP contribution in [0.1, 0.15) is 6.92 Å². The topological polar surface area (TPSA) is 24.5 Å². The average Bonchev–Trinajstić information content (AvgIpc) is 2.31. The molecule has 1 aromatic carbocycles. The zero-order chi connectivity index (χ0) is 11.4. The van der Waals surface area contributed by atoms with Crippen molar-refractivity contribution in [3.05, 3.63) is 23.2 Å². The third-order valence-corrected chi connectivity index (χ3v) is 2.91. The molecule has 0 amide bonds. The van der Waals surface area contributed by atoms with Crippen molar-refractivity contribution in [3.8, 4) is 5.75 Å². The van der Waals surface area contributed by atoms with E-state index in [-0.39, 0.29) is 0 Å². The Kier molecular flexibility index (Phi) is 3.91. The Balaban J connectivity index is 2.23. The molecule has 4 heteroatoms. The molecule has 0 radical (unpaired) electrons. The van der Waals surface area contributed by atoms with Crippen LogP contribution >= 0.6 is 11.6 Å². The number of hydrogen-bond acceptors (Lipinski definition) is 3. The van der Waals surface area contributed by atoms with Crippen LogP contribution in [0.3, 0.4) is 0 Å². The highest BCUT2D eigenvalue weighted by atomic mass is 35.5. The van der Waals surface area contributed by atoms with E-state index < -0.39 is 0 Å². The molecule has 0 saturated carbocycles. The Hall–Kier alpha value is -0.930. The molecule has 3 nitrogen and oxygen atoms in total. The number of piperazine rings is 1. The molecule has 1 fully saturated rings. The van der Waals surface area contributed by atoms with Crippen molar-refractivity contribution in [2.45, 2.75) is 6.92 Å². The summed E-state index contributed by atoms with van der Waals surface area (Å²) in [5.74, 6) is 0.886. The number of anilines is 1. The summed E-state index contributed by atoms with van der Waals surface area (Å²) in [6, 6.07) is 5.85. The molecule has 16 heavy (non-hydrogen) atoms. The standard InChI is InChI=1S/C12H17ClN2O/c1-2-16-12-9-10(13)3-4-11(12)15-7-5-14-6-8-15/h3-4,9,14H,2,5-8H2,1H3. The first kappa shape index (κ1) is 11.6. The summed E-state index contributed by atoms with van der Waals surface area (Å²) in [5.41, 5.74) is 1.15. The molecule has 2 rings (SSSR count). The van der Waals surface area contributed by atoms with Gasteiger partial charge in [-0.15, -0.1) is 0 Å². The summed E-state index contributed by atoms with van der Waals surface area (Å²) in [7, 11) is 0. The van der Waals surface area contributed by atoms with Crippen molar-refractivity contribution in [1.82, 2.24) is 5.32 Å². The maximum absolute atomic E-state index is 5.98. The summed E-state index contributed by atoms with van der Waals surface area (Å²) in [6.07, 6.45) is 0. The Labute approximate surface area is 101 Å². The van der Waals surface area contributed by atoms with E-state index in [1.54, 1.807) is 0 Å². The maximum atomic E-state index is 5.98. The van der Waals surface area contributed by atoms with E-state index >= 15 is 0 Å². The van der Waals surface area contributed by atoms with Gasteiger partial charge in [-0.1, -0.05) is 11.6 Å². The van der Waals surface area contributed by atoms with Gasteiger partial charge in [0.05, 0.1) is 12.3 Å². The minimum absolute atomic E-state index is 0.666. The number of nitrogens with one attached hydrogen (secondary N) is 1. The van der Waals surface area contributed by atoms with Gasteiger partial charge in [0.1, 0.15) is 5.75 Å². The molecule has 1 aliphatic heterocycles. The SMILES string of the molecule is CCOc1cc(Cl)ccc1N1CCNCC1. The summed E-state index contributed by atoms with van der Waals surface area (Å²) >= 11 is 5.98. The van der Waals surface area contributed by atoms with Crippen LogP contribution in [-0.4, -0.2) is 32.8 Å². The van der Waals surface area contributed by atoms with Gasteiger partial charge in [0.15, 0.2) is 0 Å². The fourth-order valence-electron chi connectivity index (χ4n) is 1.93. The lowest BCUT2D eigenvalue weighted by molar-refractivity contribution is 0.340. The van der Waals surface area contributed by atoms with Crippen molar-refractivity contribution in [2.24, 2.45) is 0 Å². The van der Waals surface area contributed by atoms with E-state index in [2.05, 4.69) is 10.2 Å². The van der Waals surface area contributed by atoms with E-state index in [4.69, 9.17) is 16.3 Å². The molecular formula is C12H17ClN2O. The monoisotopic (exact) mass is 240 g/mol. The van der Waals surface area contributed by atoms with E-state index in [9.17, 15) is 0 Å². The molecule has 0 unspecified atom stereocenters. The fraction of sp³-hybridized carbons (Fsp3) is 0.500. The third kappa shape index (κ3) is 2.60. The summed E-state index contributed by atoms with van der Waals surface area (Å²) in [5, 5.41) is 4.06. The number of benzene rings is 1. The molecule has 0 atom stereocenters. The Bertz CT molecular complexity index is 351. The minimum Gasteiger partial charge on any atom is -0.492 e. The number of halogens is 1. The molecular weight excluding hydrogens is 224 g/mol. The second kappa shape index (κ2) is 5.41. The highest BCUT2D eigenvalue weighted by molar-refractivity contribution is 6.30. The van der Waals surface area contributed by atoms with E-state index in [1.807, 2.05) is 25.1 Å². The molecule has 0 spiro atoms. The molecule has 1 heterocycles. The zero-order valence-electron chi connectivity index (χ0n) is 9.50. The van der Waals surface area contributed by atoms with Crippen LogP contribution in [0, 0.1) is 0 Å². The van der Waals surface area contributed by atoms with Crippen LogP contribution in [0.25, 0.3) is 0 Å². The lowest BCUT2D eigenvalue weighted by Gasteiger charge is -2.30. The normalized spacial score (nSPS) is 16.2. The first-order chi connectivity index (χ1) is 7.81. The van der Waals surface area contributed by atoms with E-state index in [0.29, 0.717) is 6.61 Å². The van der Waals surface area contributed by atoms with E-state index in [1.165, 1.54) is 0 Å². The van der Waals surface area contributed by atoms with E-state index in [0.717, 1.165) is 42.6 Å². The number of hydrogen-bond donors (Lipinski definition) is 1. The summed E-state index contributed by atoms with van der Waals surface area (Å²) in [4.78, 5) is 2.33. The molecule has 0 bridgehead atoms.